The number of ether oxygens (including phenoxy) is 3. The average Bonchev–Trinajstić information content (AvgIpc) is 3.44. The zero-order valence-corrected chi connectivity index (χ0v) is 20.4. The number of hydrogen-bond donors (Lipinski definition) is 9. The van der Waals surface area contributed by atoms with Crippen LogP contribution in [0, 0.1) is 0 Å². The number of rotatable bonds is 9. The second-order valence-corrected chi connectivity index (χ2v) is 9.29. The number of carbonyl (C=O) groups is 2. The molecule has 0 radical (unpaired) electrons. The van der Waals surface area contributed by atoms with Gasteiger partial charge in [0.15, 0.2) is 17.4 Å². The van der Waals surface area contributed by atoms with Gasteiger partial charge in [-0.05, 0) is 0 Å². The molecule has 2 saturated heterocycles. The second kappa shape index (κ2) is 11.2. The Kier molecular flexibility index (Phi) is 8.30. The quantitative estimate of drug-likeness (QED) is 0.139. The Hall–Kier alpha value is -3.07. The fraction of sp³-hybridized carbons (Fsp3) is 0.667. The number of fused-ring (bicyclic) bond motifs is 1. The molecule has 0 saturated carbocycles. The minimum atomic E-state index is -2.67. The Balaban J connectivity index is 1.55. The van der Waals surface area contributed by atoms with Gasteiger partial charge in [-0.2, -0.15) is 0 Å². The third-order valence-electron chi connectivity index (χ3n) is 6.64. The number of aliphatic hydroxyl groups is 6. The van der Waals surface area contributed by atoms with Gasteiger partial charge in [0.05, 0.1) is 38.0 Å². The van der Waals surface area contributed by atoms with E-state index in [-0.39, 0.29) is 11.2 Å². The molecule has 4 heterocycles. The van der Waals surface area contributed by atoms with Crippen molar-refractivity contribution in [3.63, 3.8) is 0 Å². The number of carboxylic acids is 1. The Morgan fingerprint density at radius 2 is 2.00 bits per heavy atom. The molecule has 18 nitrogen and oxygen atoms in total. The largest absolute Gasteiger partial charge is 0.477 e. The van der Waals surface area contributed by atoms with Gasteiger partial charge in [0.2, 0.25) is 5.91 Å². The molecule has 0 spiro atoms. The first kappa shape index (κ1) is 28.9. The van der Waals surface area contributed by atoms with Gasteiger partial charge in [-0.3, -0.25) is 14.2 Å². The predicted octanol–water partition coefficient (Wildman–Crippen LogP) is -5.10. The number of nitrogens with zero attached hydrogens (tertiary/aromatic N) is 3. The highest BCUT2D eigenvalue weighted by Crippen LogP contribution is 2.36. The molecule has 216 valence electrons. The second-order valence-electron chi connectivity index (χ2n) is 9.29. The maximum Gasteiger partial charge on any atom is 0.364 e. The number of H-pyrrole nitrogens is 1. The Morgan fingerprint density at radius 1 is 1.28 bits per heavy atom. The highest BCUT2D eigenvalue weighted by atomic mass is 16.7. The van der Waals surface area contributed by atoms with E-state index >= 15 is 0 Å². The van der Waals surface area contributed by atoms with E-state index in [4.69, 9.17) is 14.2 Å². The van der Waals surface area contributed by atoms with E-state index in [1.807, 2.05) is 0 Å². The van der Waals surface area contributed by atoms with E-state index in [1.54, 1.807) is 0 Å². The summed E-state index contributed by atoms with van der Waals surface area (Å²) in [5.74, 6) is -5.09. The van der Waals surface area contributed by atoms with Crippen molar-refractivity contribution in [2.45, 2.75) is 74.1 Å². The van der Waals surface area contributed by atoms with Crippen LogP contribution in [0.5, 0.6) is 0 Å². The Bertz CT molecular complexity index is 1250. The third-order valence-corrected chi connectivity index (χ3v) is 6.64. The van der Waals surface area contributed by atoms with Crippen molar-refractivity contribution in [1.29, 1.82) is 0 Å². The number of aliphatic hydroxyl groups excluding tert-OH is 6. The van der Waals surface area contributed by atoms with E-state index in [0.717, 1.165) is 19.6 Å². The first-order valence-electron chi connectivity index (χ1n) is 11.8. The summed E-state index contributed by atoms with van der Waals surface area (Å²) >= 11 is 0. The first-order valence-corrected chi connectivity index (χ1v) is 11.8. The Labute approximate surface area is 218 Å². The number of carboxylic acid groups (broad SMARTS) is 1. The molecule has 2 aromatic rings. The summed E-state index contributed by atoms with van der Waals surface area (Å²) in [4.78, 5) is 46.1. The summed E-state index contributed by atoms with van der Waals surface area (Å²) in [6.07, 6.45) is -11.6. The molecule has 10 atom stereocenters. The molecule has 0 aromatic carbocycles. The summed E-state index contributed by atoms with van der Waals surface area (Å²) in [6.45, 7) is -0.565. The van der Waals surface area contributed by atoms with E-state index in [2.05, 4.69) is 20.3 Å². The summed E-state index contributed by atoms with van der Waals surface area (Å²) in [7, 11) is 0. The number of nitrogens with one attached hydrogen (secondary N) is 2. The van der Waals surface area contributed by atoms with Gasteiger partial charge in [0.1, 0.15) is 36.6 Å². The van der Waals surface area contributed by atoms with Crippen LogP contribution in [-0.4, -0.2) is 135 Å². The smallest absolute Gasteiger partial charge is 0.364 e. The van der Waals surface area contributed by atoms with Crippen molar-refractivity contribution >= 4 is 23.0 Å². The van der Waals surface area contributed by atoms with Gasteiger partial charge in [-0.15, -0.1) is 0 Å². The minimum absolute atomic E-state index is 0.0422. The van der Waals surface area contributed by atoms with Crippen molar-refractivity contribution in [3.05, 3.63) is 23.0 Å². The topological polar surface area (TPSA) is 279 Å². The van der Waals surface area contributed by atoms with E-state index in [0.29, 0.717) is 0 Å². The minimum Gasteiger partial charge on any atom is -0.477 e. The zero-order valence-electron chi connectivity index (χ0n) is 20.4. The molecule has 2 aliphatic heterocycles. The van der Waals surface area contributed by atoms with Crippen LogP contribution in [0.2, 0.25) is 0 Å². The summed E-state index contributed by atoms with van der Waals surface area (Å²) < 4.78 is 17.9. The van der Waals surface area contributed by atoms with Crippen molar-refractivity contribution in [1.82, 2.24) is 24.8 Å². The average molecular weight is 559 g/mol. The molecule has 0 unspecified atom stereocenters. The zero-order chi connectivity index (χ0) is 28.6. The SMILES string of the molecule is CC(=O)N[C@H]1[C@H]([C@H](O)[C@H](O)CO)O[C@](OC[C@H]2O[C@@H](n3cnc4c(=O)[nH]cnc43)[C@H](O)[C@@H]2O)(C(=O)O)C[C@@H]1O. The van der Waals surface area contributed by atoms with E-state index < -0.39 is 97.9 Å². The normalized spacial score (nSPS) is 34.6. The maximum absolute atomic E-state index is 12.3. The first-order chi connectivity index (χ1) is 18.4. The number of aliphatic carboxylic acids is 1. The lowest BCUT2D eigenvalue weighted by atomic mass is 9.88. The third kappa shape index (κ3) is 5.38. The molecule has 18 heteroatoms. The molecular weight excluding hydrogens is 530 g/mol. The van der Waals surface area contributed by atoms with Gasteiger partial charge in [-0.1, -0.05) is 0 Å². The van der Waals surface area contributed by atoms with Crippen molar-refractivity contribution in [3.8, 4) is 0 Å². The van der Waals surface area contributed by atoms with Gasteiger partial charge in [0, 0.05) is 13.3 Å². The lowest BCUT2D eigenvalue weighted by molar-refractivity contribution is -0.316. The molecule has 2 aliphatic rings. The Morgan fingerprint density at radius 3 is 2.64 bits per heavy atom. The molecule has 9 N–H and O–H groups in total. The van der Waals surface area contributed by atoms with Gasteiger partial charge >= 0.3 is 5.97 Å². The van der Waals surface area contributed by atoms with Crippen LogP contribution in [0.3, 0.4) is 0 Å². The lowest BCUT2D eigenvalue weighted by Gasteiger charge is -2.46. The number of aromatic amines is 1. The van der Waals surface area contributed by atoms with Crippen LogP contribution >= 0.6 is 0 Å². The number of hydrogen-bond acceptors (Lipinski definition) is 14. The molecule has 2 fully saturated rings. The van der Waals surface area contributed by atoms with Crippen LogP contribution in [0.25, 0.3) is 11.2 Å². The molecule has 0 aliphatic carbocycles. The van der Waals surface area contributed by atoms with Crippen molar-refractivity contribution < 1.29 is 59.5 Å². The summed E-state index contributed by atoms with van der Waals surface area (Å²) in [6, 6.07) is -1.39. The predicted molar refractivity (Wildman–Crippen MR) is 123 cm³/mol. The van der Waals surface area contributed by atoms with E-state index in [9.17, 15) is 50.1 Å². The standard InChI is InChI=1S/C21H29N5O13/c1-7(28)25-11-8(29)2-21(20(35)36,39-16(11)13(31)9(30)3-27)37-4-10-14(32)15(33)19(38-10)26-6-24-12-17(26)22-5-23-18(12)34/h5-6,8-11,13-16,19,27,29-33H,2-4H2,1H3,(H,25,28)(H,35,36)(H,22,23,34)/t8-,9+,10+,11+,13+,14+,15+,16+,19+,21-/m0/s1. The van der Waals surface area contributed by atoms with Crippen LogP contribution in [0.4, 0.5) is 0 Å². The van der Waals surface area contributed by atoms with Gasteiger partial charge in [-0.25, -0.2) is 14.8 Å². The van der Waals surface area contributed by atoms with E-state index in [1.165, 1.54) is 4.57 Å². The molecule has 1 amide bonds. The van der Waals surface area contributed by atoms with Gasteiger partial charge < -0.3 is 60.3 Å². The lowest BCUT2D eigenvalue weighted by Crippen LogP contribution is -2.68. The van der Waals surface area contributed by atoms with Crippen LogP contribution in [0.15, 0.2) is 17.4 Å². The van der Waals surface area contributed by atoms with Gasteiger partial charge in [0.25, 0.3) is 11.3 Å². The van der Waals surface area contributed by atoms with Crippen LogP contribution < -0.4 is 10.9 Å². The van der Waals surface area contributed by atoms with Crippen molar-refractivity contribution in [2.24, 2.45) is 0 Å². The number of aromatic nitrogens is 4. The molecule has 39 heavy (non-hydrogen) atoms. The number of imidazole rings is 1. The highest BCUT2D eigenvalue weighted by molar-refractivity contribution is 5.76. The number of amides is 1. The number of carbonyl (C=O) groups excluding carboxylic acids is 1. The fourth-order valence-electron chi connectivity index (χ4n) is 4.64. The molecule has 2 aromatic heterocycles. The summed E-state index contributed by atoms with van der Waals surface area (Å²) in [5, 5.41) is 73.8. The van der Waals surface area contributed by atoms with Crippen molar-refractivity contribution in [2.75, 3.05) is 13.2 Å². The summed E-state index contributed by atoms with van der Waals surface area (Å²) in [5.41, 5.74) is -0.565. The molecule has 4 rings (SSSR count). The van der Waals surface area contributed by atoms with Crippen LogP contribution in [0.1, 0.15) is 19.6 Å². The molecule has 0 bridgehead atoms. The monoisotopic (exact) mass is 559 g/mol. The molecular formula is C21H29N5O13. The fourth-order valence-corrected chi connectivity index (χ4v) is 4.64. The highest BCUT2D eigenvalue weighted by Gasteiger charge is 2.56. The van der Waals surface area contributed by atoms with Crippen LogP contribution in [-0.2, 0) is 23.8 Å². The maximum atomic E-state index is 12.3.